The van der Waals surface area contributed by atoms with Gasteiger partial charge in [-0.05, 0) is 6.42 Å². The lowest BCUT2D eigenvalue weighted by Crippen LogP contribution is -2.36. The molecule has 0 aliphatic rings. The van der Waals surface area contributed by atoms with Crippen molar-refractivity contribution >= 4 is 17.3 Å². The highest BCUT2D eigenvalue weighted by Gasteiger charge is 2.15. The lowest BCUT2D eigenvalue weighted by atomic mass is 10.2. The van der Waals surface area contributed by atoms with Crippen LogP contribution in [0.3, 0.4) is 0 Å². The molecular weight excluding hydrogens is 216 g/mol. The Morgan fingerprint density at radius 1 is 1.73 bits per heavy atom. The maximum absolute atomic E-state index is 11.2. The fourth-order valence-electron chi connectivity index (χ4n) is 1.17. The largest absolute Gasteiger partial charge is 0.468 e. The number of aromatic nitrogens is 1. The minimum Gasteiger partial charge on any atom is -0.468 e. The Kier molecular flexibility index (Phi) is 4.51. The number of thiazole rings is 1. The van der Waals surface area contributed by atoms with E-state index in [4.69, 9.17) is 0 Å². The molecule has 0 amide bonds. The Balaban J connectivity index is 2.47. The first-order valence-electron chi connectivity index (χ1n) is 4.65. The monoisotopic (exact) mass is 230 g/mol. The summed E-state index contributed by atoms with van der Waals surface area (Å²) in [5.74, 6) is -0.282. The number of esters is 1. The number of methoxy groups -OCH3 is 1. The van der Waals surface area contributed by atoms with Crippen molar-refractivity contribution in [3.63, 3.8) is 0 Å². The van der Waals surface area contributed by atoms with Crippen LogP contribution in [-0.2, 0) is 16.1 Å². The van der Waals surface area contributed by atoms with Gasteiger partial charge >= 0.3 is 10.8 Å². The molecular formula is C9H14N2O3S. The number of hydrogen-bond acceptors (Lipinski definition) is 5. The minimum absolute atomic E-state index is 0.0853. The summed E-state index contributed by atoms with van der Waals surface area (Å²) in [6, 6.07) is -0.321. The van der Waals surface area contributed by atoms with E-state index in [0.29, 0.717) is 13.0 Å². The fraction of sp³-hybridized carbons (Fsp3) is 0.556. The van der Waals surface area contributed by atoms with Crippen LogP contribution in [0.15, 0.2) is 10.2 Å². The Bertz CT molecular complexity index is 371. The molecule has 0 saturated heterocycles. The van der Waals surface area contributed by atoms with Crippen molar-refractivity contribution in [3.8, 4) is 0 Å². The van der Waals surface area contributed by atoms with Gasteiger partial charge in [-0.2, -0.15) is 0 Å². The third kappa shape index (κ3) is 3.49. The Hall–Kier alpha value is -1.14. The van der Waals surface area contributed by atoms with Crippen molar-refractivity contribution in [1.29, 1.82) is 0 Å². The van der Waals surface area contributed by atoms with Crippen LogP contribution in [-0.4, -0.2) is 24.1 Å². The molecule has 0 fully saturated rings. The number of H-pyrrole nitrogens is 1. The summed E-state index contributed by atoms with van der Waals surface area (Å²) < 4.78 is 4.63. The minimum atomic E-state index is -0.321. The summed E-state index contributed by atoms with van der Waals surface area (Å²) in [7, 11) is 1.36. The molecule has 0 aliphatic carbocycles. The second kappa shape index (κ2) is 5.67. The molecule has 0 bridgehead atoms. The van der Waals surface area contributed by atoms with E-state index >= 15 is 0 Å². The number of nitrogens with one attached hydrogen (secondary N) is 2. The lowest BCUT2D eigenvalue weighted by Gasteiger charge is -2.13. The standard InChI is InChI=1S/C9H14N2O3S/c1-3-7(8(12)14-2)10-4-6-5-15-9(13)11-6/h5,7,10H,3-4H2,1-2H3,(H,11,13). The lowest BCUT2D eigenvalue weighted by molar-refractivity contribution is -0.143. The second-order valence-corrected chi connectivity index (χ2v) is 3.88. The molecule has 6 heteroatoms. The quantitative estimate of drug-likeness (QED) is 0.722. The van der Waals surface area contributed by atoms with Crippen molar-refractivity contribution in [2.75, 3.05) is 7.11 Å². The zero-order chi connectivity index (χ0) is 11.3. The average Bonchev–Trinajstić information content (AvgIpc) is 2.64. The number of ether oxygens (including phenoxy) is 1. The van der Waals surface area contributed by atoms with Crippen LogP contribution in [0.1, 0.15) is 19.0 Å². The molecule has 0 spiro atoms. The molecule has 84 valence electrons. The molecule has 0 aliphatic heterocycles. The SMILES string of the molecule is CCC(NCc1csc(=O)[nH]1)C(=O)OC. The molecule has 5 nitrogen and oxygen atoms in total. The van der Waals surface area contributed by atoms with E-state index < -0.39 is 0 Å². The normalized spacial score (nSPS) is 12.4. The van der Waals surface area contributed by atoms with Gasteiger partial charge in [0.15, 0.2) is 0 Å². The highest BCUT2D eigenvalue weighted by Crippen LogP contribution is 1.99. The van der Waals surface area contributed by atoms with Crippen LogP contribution in [0.5, 0.6) is 0 Å². The summed E-state index contributed by atoms with van der Waals surface area (Å²) in [6.45, 7) is 2.36. The van der Waals surface area contributed by atoms with Gasteiger partial charge in [0.2, 0.25) is 0 Å². The second-order valence-electron chi connectivity index (χ2n) is 3.04. The van der Waals surface area contributed by atoms with Crippen LogP contribution >= 0.6 is 11.3 Å². The predicted molar refractivity (Wildman–Crippen MR) is 57.9 cm³/mol. The average molecular weight is 230 g/mol. The van der Waals surface area contributed by atoms with E-state index in [-0.39, 0.29) is 16.9 Å². The summed E-state index contributed by atoms with van der Waals surface area (Å²) >= 11 is 1.11. The molecule has 0 saturated carbocycles. The third-order valence-corrected chi connectivity index (χ3v) is 2.72. The number of aromatic amines is 1. The van der Waals surface area contributed by atoms with Gasteiger partial charge in [-0.3, -0.25) is 14.9 Å². The van der Waals surface area contributed by atoms with E-state index in [1.165, 1.54) is 7.11 Å². The van der Waals surface area contributed by atoms with Crippen LogP contribution in [0, 0.1) is 0 Å². The van der Waals surface area contributed by atoms with Gasteiger partial charge in [-0.15, -0.1) is 0 Å². The van der Waals surface area contributed by atoms with E-state index in [1.54, 1.807) is 5.38 Å². The van der Waals surface area contributed by atoms with Crippen LogP contribution in [0.25, 0.3) is 0 Å². The molecule has 1 aromatic rings. The molecule has 1 rings (SSSR count). The van der Waals surface area contributed by atoms with Crippen molar-refractivity contribution in [2.45, 2.75) is 25.9 Å². The van der Waals surface area contributed by atoms with Gasteiger partial charge in [0.05, 0.1) is 7.11 Å². The molecule has 2 N–H and O–H groups in total. The molecule has 1 atom stereocenters. The Morgan fingerprint density at radius 2 is 2.47 bits per heavy atom. The summed E-state index contributed by atoms with van der Waals surface area (Å²) in [5, 5.41) is 4.75. The number of hydrogen-bond donors (Lipinski definition) is 2. The van der Waals surface area contributed by atoms with Gasteiger partial charge in [-0.25, -0.2) is 0 Å². The van der Waals surface area contributed by atoms with E-state index in [9.17, 15) is 9.59 Å². The predicted octanol–water partition coefficient (Wildman–Crippen LogP) is 0.478. The first kappa shape index (κ1) is 11.9. The number of carbonyl (C=O) groups excluding carboxylic acids is 1. The Labute approximate surface area is 91.5 Å². The van der Waals surface area contributed by atoms with Crippen molar-refractivity contribution in [2.24, 2.45) is 0 Å². The van der Waals surface area contributed by atoms with Gasteiger partial charge in [0, 0.05) is 17.6 Å². The smallest absolute Gasteiger partial charge is 0.322 e. The van der Waals surface area contributed by atoms with Crippen LogP contribution < -0.4 is 10.2 Å². The molecule has 15 heavy (non-hydrogen) atoms. The molecule has 0 radical (unpaired) electrons. The first-order chi connectivity index (χ1) is 7.17. The molecule has 1 unspecified atom stereocenters. The van der Waals surface area contributed by atoms with Gasteiger partial charge < -0.3 is 9.72 Å². The molecule has 1 aromatic heterocycles. The van der Waals surface area contributed by atoms with Gasteiger partial charge in [0.1, 0.15) is 6.04 Å². The maximum Gasteiger partial charge on any atom is 0.322 e. The topological polar surface area (TPSA) is 71.2 Å². The zero-order valence-corrected chi connectivity index (χ0v) is 9.52. The van der Waals surface area contributed by atoms with E-state index in [2.05, 4.69) is 15.0 Å². The third-order valence-electron chi connectivity index (χ3n) is 2.00. The van der Waals surface area contributed by atoms with Crippen molar-refractivity contribution < 1.29 is 9.53 Å². The molecule has 0 aromatic carbocycles. The van der Waals surface area contributed by atoms with Gasteiger partial charge in [0.25, 0.3) is 0 Å². The van der Waals surface area contributed by atoms with Crippen LogP contribution in [0.4, 0.5) is 0 Å². The number of carbonyl (C=O) groups is 1. The highest BCUT2D eigenvalue weighted by atomic mass is 32.1. The Morgan fingerprint density at radius 3 is 2.93 bits per heavy atom. The van der Waals surface area contributed by atoms with Gasteiger partial charge in [-0.1, -0.05) is 18.3 Å². The van der Waals surface area contributed by atoms with Crippen molar-refractivity contribution in [3.05, 3.63) is 20.7 Å². The van der Waals surface area contributed by atoms with Crippen molar-refractivity contribution in [1.82, 2.24) is 10.3 Å². The summed E-state index contributed by atoms with van der Waals surface area (Å²) in [6.07, 6.45) is 0.654. The highest BCUT2D eigenvalue weighted by molar-refractivity contribution is 7.07. The first-order valence-corrected chi connectivity index (χ1v) is 5.53. The van der Waals surface area contributed by atoms with Crippen LogP contribution in [0.2, 0.25) is 0 Å². The summed E-state index contributed by atoms with van der Waals surface area (Å²) in [5.41, 5.74) is 0.785. The number of rotatable bonds is 5. The maximum atomic E-state index is 11.2. The van der Waals surface area contributed by atoms with E-state index in [1.807, 2.05) is 6.92 Å². The zero-order valence-electron chi connectivity index (χ0n) is 8.70. The van der Waals surface area contributed by atoms with E-state index in [0.717, 1.165) is 17.0 Å². The molecule has 1 heterocycles. The fourth-order valence-corrected chi connectivity index (χ4v) is 1.75. The summed E-state index contributed by atoms with van der Waals surface area (Å²) in [4.78, 5) is 24.6.